The molecule has 0 bridgehead atoms. The van der Waals surface area contributed by atoms with Gasteiger partial charge in [-0.3, -0.25) is 4.79 Å². The minimum absolute atomic E-state index is 0. The van der Waals surface area contributed by atoms with E-state index in [1.807, 2.05) is 0 Å². The number of halogens is 3. The number of rotatable bonds is 5. The molecule has 1 amide bonds. The highest BCUT2D eigenvalue weighted by Crippen LogP contribution is 2.22. The van der Waals surface area contributed by atoms with Crippen LogP contribution in [0.1, 0.15) is 29.6 Å². The maximum Gasteiger partial charge on any atom is 0.254 e. The lowest BCUT2D eigenvalue weighted by molar-refractivity contribution is 0.0946. The Morgan fingerprint density at radius 3 is 2.50 bits per heavy atom. The van der Waals surface area contributed by atoms with Gasteiger partial charge in [-0.2, -0.15) is 0 Å². The van der Waals surface area contributed by atoms with Crippen LogP contribution in [-0.2, 0) is 0 Å². The van der Waals surface area contributed by atoms with Crippen LogP contribution in [0.25, 0.3) is 11.1 Å². The van der Waals surface area contributed by atoms with Gasteiger partial charge < -0.3 is 10.6 Å². The second-order valence-corrected chi connectivity index (χ2v) is 6.46. The van der Waals surface area contributed by atoms with Crippen LogP contribution < -0.4 is 10.6 Å². The Labute approximate surface area is 158 Å². The standard InChI is InChI=1S/C20H22F2N2O.ClH/c21-17-6-3-15(4-7-17)16-5-8-18(19(22)12-16)20(25)24-11-9-14-2-1-10-23-13-14;/h3-8,12,14,23H,1-2,9-11,13H2,(H,24,25);1H. The molecule has 1 aliphatic rings. The van der Waals surface area contributed by atoms with Crippen molar-refractivity contribution in [2.75, 3.05) is 19.6 Å². The normalized spacial score (nSPS) is 16.6. The van der Waals surface area contributed by atoms with Gasteiger partial charge >= 0.3 is 0 Å². The third kappa shape index (κ3) is 5.26. The molecule has 1 unspecified atom stereocenters. The fourth-order valence-electron chi connectivity index (χ4n) is 3.18. The first-order valence-electron chi connectivity index (χ1n) is 8.68. The van der Waals surface area contributed by atoms with E-state index in [9.17, 15) is 13.6 Å². The molecule has 0 spiro atoms. The van der Waals surface area contributed by atoms with Crippen LogP contribution >= 0.6 is 12.4 Å². The molecule has 2 aromatic carbocycles. The molecule has 1 atom stereocenters. The van der Waals surface area contributed by atoms with Gasteiger partial charge in [0, 0.05) is 6.54 Å². The molecule has 1 aliphatic heterocycles. The fourth-order valence-corrected chi connectivity index (χ4v) is 3.18. The van der Waals surface area contributed by atoms with Crippen LogP contribution in [0.15, 0.2) is 42.5 Å². The fraction of sp³-hybridized carbons (Fsp3) is 0.350. The molecule has 1 saturated heterocycles. The number of piperidine rings is 1. The van der Waals surface area contributed by atoms with Crippen molar-refractivity contribution in [3.8, 4) is 11.1 Å². The molecule has 3 nitrogen and oxygen atoms in total. The average molecular weight is 381 g/mol. The Morgan fingerprint density at radius 2 is 1.85 bits per heavy atom. The first-order valence-corrected chi connectivity index (χ1v) is 8.68. The van der Waals surface area contributed by atoms with Gasteiger partial charge in [-0.1, -0.05) is 18.2 Å². The summed E-state index contributed by atoms with van der Waals surface area (Å²) in [6.45, 7) is 2.59. The smallest absolute Gasteiger partial charge is 0.254 e. The number of nitrogens with one attached hydrogen (secondary N) is 2. The summed E-state index contributed by atoms with van der Waals surface area (Å²) in [7, 11) is 0. The van der Waals surface area contributed by atoms with E-state index in [2.05, 4.69) is 10.6 Å². The second kappa shape index (κ2) is 9.64. The lowest BCUT2D eigenvalue weighted by Gasteiger charge is -2.22. The molecular formula is C20H23ClF2N2O. The maximum absolute atomic E-state index is 14.3. The van der Waals surface area contributed by atoms with Gasteiger partial charge in [0.05, 0.1) is 5.56 Å². The number of amides is 1. The summed E-state index contributed by atoms with van der Waals surface area (Å²) in [5.74, 6) is -0.737. The molecular weight excluding hydrogens is 358 g/mol. The quantitative estimate of drug-likeness (QED) is 0.817. The van der Waals surface area contributed by atoms with Crippen LogP contribution in [0.3, 0.4) is 0 Å². The van der Waals surface area contributed by atoms with Crippen molar-refractivity contribution < 1.29 is 13.6 Å². The zero-order valence-electron chi connectivity index (χ0n) is 14.4. The number of hydrogen-bond acceptors (Lipinski definition) is 2. The van der Waals surface area contributed by atoms with E-state index in [1.54, 1.807) is 18.2 Å². The average Bonchev–Trinajstić information content (AvgIpc) is 2.63. The summed E-state index contributed by atoms with van der Waals surface area (Å²) < 4.78 is 27.3. The zero-order valence-corrected chi connectivity index (χ0v) is 15.3. The SMILES string of the molecule is Cl.O=C(NCCC1CCCNC1)c1ccc(-c2ccc(F)cc2)cc1F. The molecule has 140 valence electrons. The number of carbonyl (C=O) groups excluding carboxylic acids is 1. The maximum atomic E-state index is 14.3. The van der Waals surface area contributed by atoms with Gasteiger partial charge in [-0.15, -0.1) is 12.4 Å². The Kier molecular flexibility index (Phi) is 7.54. The summed E-state index contributed by atoms with van der Waals surface area (Å²) in [5.41, 5.74) is 1.35. The Balaban J connectivity index is 0.00000243. The molecule has 2 N–H and O–H groups in total. The Morgan fingerprint density at radius 1 is 1.12 bits per heavy atom. The first-order chi connectivity index (χ1) is 12.1. The van der Waals surface area contributed by atoms with Gasteiger partial charge in [0.15, 0.2) is 0 Å². The molecule has 26 heavy (non-hydrogen) atoms. The van der Waals surface area contributed by atoms with Crippen molar-refractivity contribution in [3.05, 3.63) is 59.7 Å². The zero-order chi connectivity index (χ0) is 17.6. The van der Waals surface area contributed by atoms with Crippen molar-refractivity contribution in [2.45, 2.75) is 19.3 Å². The molecule has 0 aromatic heterocycles. The molecule has 0 radical (unpaired) electrons. The number of benzene rings is 2. The Bertz CT molecular complexity index is 731. The minimum Gasteiger partial charge on any atom is -0.352 e. The van der Waals surface area contributed by atoms with Crippen molar-refractivity contribution in [3.63, 3.8) is 0 Å². The van der Waals surface area contributed by atoms with Gasteiger partial charge in [0.1, 0.15) is 11.6 Å². The Hall–Kier alpha value is -1.98. The van der Waals surface area contributed by atoms with Gasteiger partial charge in [-0.05, 0) is 73.7 Å². The topological polar surface area (TPSA) is 41.1 Å². The molecule has 0 saturated carbocycles. The van der Waals surface area contributed by atoms with E-state index in [4.69, 9.17) is 0 Å². The summed E-state index contributed by atoms with van der Waals surface area (Å²) in [6.07, 6.45) is 3.23. The lowest BCUT2D eigenvalue weighted by atomic mass is 9.96. The lowest BCUT2D eigenvalue weighted by Crippen LogP contribution is -2.33. The highest BCUT2D eigenvalue weighted by molar-refractivity contribution is 5.95. The molecule has 0 aliphatic carbocycles. The molecule has 6 heteroatoms. The van der Waals surface area contributed by atoms with Crippen LogP contribution in [0.5, 0.6) is 0 Å². The third-order valence-electron chi connectivity index (χ3n) is 4.63. The van der Waals surface area contributed by atoms with Crippen molar-refractivity contribution in [1.29, 1.82) is 0 Å². The highest BCUT2D eigenvalue weighted by atomic mass is 35.5. The van der Waals surface area contributed by atoms with Crippen LogP contribution in [0.4, 0.5) is 8.78 Å². The predicted octanol–water partition coefficient (Wildman–Crippen LogP) is 4.17. The summed E-state index contributed by atoms with van der Waals surface area (Å²) in [5, 5.41) is 6.14. The van der Waals surface area contributed by atoms with Crippen molar-refractivity contribution in [1.82, 2.24) is 10.6 Å². The monoisotopic (exact) mass is 380 g/mol. The van der Waals surface area contributed by atoms with Crippen LogP contribution in [-0.4, -0.2) is 25.5 Å². The van der Waals surface area contributed by atoms with E-state index in [0.717, 1.165) is 25.9 Å². The van der Waals surface area contributed by atoms with Crippen LogP contribution in [0, 0.1) is 17.6 Å². The molecule has 1 fully saturated rings. The summed E-state index contributed by atoms with van der Waals surface area (Å²) in [6, 6.07) is 10.3. The molecule has 2 aromatic rings. The summed E-state index contributed by atoms with van der Waals surface area (Å²) in [4.78, 5) is 12.2. The van der Waals surface area contributed by atoms with Crippen molar-refractivity contribution in [2.24, 2.45) is 5.92 Å². The summed E-state index contributed by atoms with van der Waals surface area (Å²) >= 11 is 0. The third-order valence-corrected chi connectivity index (χ3v) is 4.63. The largest absolute Gasteiger partial charge is 0.352 e. The van der Waals surface area contributed by atoms with E-state index < -0.39 is 11.7 Å². The first kappa shape index (κ1) is 20.3. The van der Waals surface area contributed by atoms with Gasteiger partial charge in [-0.25, -0.2) is 8.78 Å². The van der Waals surface area contributed by atoms with Gasteiger partial charge in [0.25, 0.3) is 5.91 Å². The predicted molar refractivity (Wildman–Crippen MR) is 102 cm³/mol. The van der Waals surface area contributed by atoms with E-state index in [1.165, 1.54) is 30.7 Å². The second-order valence-electron chi connectivity index (χ2n) is 6.46. The van der Waals surface area contributed by atoms with Crippen LogP contribution in [0.2, 0.25) is 0 Å². The minimum atomic E-state index is -0.571. The van der Waals surface area contributed by atoms with E-state index >= 15 is 0 Å². The molecule has 3 rings (SSSR count). The van der Waals surface area contributed by atoms with Crippen molar-refractivity contribution >= 4 is 18.3 Å². The number of hydrogen-bond donors (Lipinski definition) is 2. The molecule has 1 heterocycles. The van der Waals surface area contributed by atoms with E-state index in [-0.39, 0.29) is 23.8 Å². The number of carbonyl (C=O) groups is 1. The van der Waals surface area contributed by atoms with E-state index in [0.29, 0.717) is 23.6 Å². The highest BCUT2D eigenvalue weighted by Gasteiger charge is 2.15. The van der Waals surface area contributed by atoms with Gasteiger partial charge in [0.2, 0.25) is 0 Å².